The summed E-state index contributed by atoms with van der Waals surface area (Å²) in [5.41, 5.74) is 6.87. The molecule has 1 aromatic heterocycles. The number of fused-ring (bicyclic) bond motifs is 1. The molecule has 2 rings (SSSR count). The van der Waals surface area contributed by atoms with E-state index < -0.39 is 0 Å². The second-order valence-electron chi connectivity index (χ2n) is 5.44. The lowest BCUT2D eigenvalue weighted by atomic mass is 9.99. The molecule has 0 spiro atoms. The number of carbonyl (C=O) groups is 1. The van der Waals surface area contributed by atoms with Crippen LogP contribution in [0.4, 0.5) is 0 Å². The predicted octanol–water partition coefficient (Wildman–Crippen LogP) is 2.52. The minimum Gasteiger partial charge on any atom is -0.350 e. The summed E-state index contributed by atoms with van der Waals surface area (Å²) in [7, 11) is 0. The first-order valence-electron chi connectivity index (χ1n) is 6.14. The minimum absolute atomic E-state index is 0. The molecule has 3 N–H and O–H groups in total. The van der Waals surface area contributed by atoms with Crippen LogP contribution in [0.2, 0.25) is 0 Å². The van der Waals surface area contributed by atoms with Gasteiger partial charge < -0.3 is 11.1 Å². The molecule has 0 fully saturated rings. The maximum Gasteiger partial charge on any atom is 0.261 e. The van der Waals surface area contributed by atoms with E-state index >= 15 is 0 Å². The van der Waals surface area contributed by atoms with E-state index in [1.165, 1.54) is 23.3 Å². The Morgan fingerprint density at radius 2 is 2.11 bits per heavy atom. The van der Waals surface area contributed by atoms with Gasteiger partial charge >= 0.3 is 0 Å². The van der Waals surface area contributed by atoms with Crippen molar-refractivity contribution in [2.24, 2.45) is 5.73 Å². The second kappa shape index (κ2) is 6.04. The highest BCUT2D eigenvalue weighted by atomic mass is 35.5. The van der Waals surface area contributed by atoms with E-state index in [-0.39, 0.29) is 23.9 Å². The molecule has 0 saturated carbocycles. The molecule has 1 heterocycles. The summed E-state index contributed by atoms with van der Waals surface area (Å²) in [5.74, 6) is 0.0166. The number of aryl methyl sites for hydroxylation is 2. The molecule has 1 aliphatic carbocycles. The number of amides is 1. The van der Waals surface area contributed by atoms with Crippen molar-refractivity contribution >= 4 is 29.7 Å². The molecule has 1 amide bonds. The van der Waals surface area contributed by atoms with Crippen LogP contribution in [0.15, 0.2) is 6.07 Å². The summed E-state index contributed by atoms with van der Waals surface area (Å²) in [6.07, 6.45) is 4.77. The molecule has 3 nitrogen and oxygen atoms in total. The molecule has 0 bridgehead atoms. The highest BCUT2D eigenvalue weighted by Crippen LogP contribution is 2.29. The number of halogens is 1. The van der Waals surface area contributed by atoms with Crippen molar-refractivity contribution in [1.82, 2.24) is 5.32 Å². The van der Waals surface area contributed by atoms with E-state index in [1.54, 1.807) is 11.3 Å². The van der Waals surface area contributed by atoms with E-state index in [0.717, 1.165) is 17.7 Å². The Bertz CT molecular complexity index is 400. The normalized spacial score (nSPS) is 14.6. The number of thiophene rings is 1. The highest BCUT2D eigenvalue weighted by Gasteiger charge is 2.18. The lowest BCUT2D eigenvalue weighted by Gasteiger charge is -2.18. The van der Waals surface area contributed by atoms with E-state index in [9.17, 15) is 4.79 Å². The first-order valence-corrected chi connectivity index (χ1v) is 6.96. The molecule has 0 aliphatic heterocycles. The van der Waals surface area contributed by atoms with Crippen molar-refractivity contribution in [2.45, 2.75) is 45.1 Å². The van der Waals surface area contributed by atoms with Crippen molar-refractivity contribution in [1.29, 1.82) is 0 Å². The van der Waals surface area contributed by atoms with Crippen LogP contribution in [0, 0.1) is 0 Å². The number of hydrogen-bond acceptors (Lipinski definition) is 3. The fraction of sp³-hybridized carbons (Fsp3) is 0.615. The molecular formula is C13H21ClN2OS. The van der Waals surface area contributed by atoms with Crippen LogP contribution >= 0.6 is 23.7 Å². The molecule has 0 aromatic carbocycles. The highest BCUT2D eigenvalue weighted by molar-refractivity contribution is 7.14. The van der Waals surface area contributed by atoms with Crippen LogP contribution in [0.1, 0.15) is 46.8 Å². The Kier molecular flexibility index (Phi) is 5.20. The van der Waals surface area contributed by atoms with E-state index in [1.807, 2.05) is 13.8 Å². The molecule has 102 valence electrons. The molecular weight excluding hydrogens is 268 g/mol. The standard InChI is InChI=1S/C13H20N2OS.ClH/c1-13(2,14)8-15-12(16)11-7-9-5-3-4-6-10(9)17-11;/h7H,3-6,8,14H2,1-2H3,(H,15,16);1H. The third kappa shape index (κ3) is 3.97. The third-order valence-electron chi connectivity index (χ3n) is 2.92. The maximum absolute atomic E-state index is 12.0. The molecule has 1 aromatic rings. The first-order chi connectivity index (χ1) is 7.96. The van der Waals surface area contributed by atoms with Gasteiger partial charge in [0.25, 0.3) is 5.91 Å². The third-order valence-corrected chi connectivity index (χ3v) is 4.16. The van der Waals surface area contributed by atoms with Crippen LogP contribution < -0.4 is 11.1 Å². The van der Waals surface area contributed by atoms with Gasteiger partial charge in [-0.2, -0.15) is 0 Å². The number of nitrogens with two attached hydrogens (primary N) is 1. The van der Waals surface area contributed by atoms with Crippen molar-refractivity contribution in [3.8, 4) is 0 Å². The predicted molar refractivity (Wildman–Crippen MR) is 78.8 cm³/mol. The van der Waals surface area contributed by atoms with Crippen LogP contribution in [0.25, 0.3) is 0 Å². The molecule has 0 atom stereocenters. The quantitative estimate of drug-likeness (QED) is 0.898. The van der Waals surface area contributed by atoms with Crippen LogP contribution in [-0.2, 0) is 12.8 Å². The van der Waals surface area contributed by atoms with E-state index in [2.05, 4.69) is 11.4 Å². The van der Waals surface area contributed by atoms with Gasteiger partial charge in [0.05, 0.1) is 4.88 Å². The lowest BCUT2D eigenvalue weighted by molar-refractivity contribution is 0.0950. The largest absolute Gasteiger partial charge is 0.350 e. The van der Waals surface area contributed by atoms with Gasteiger partial charge in [-0.05, 0) is 51.2 Å². The molecule has 0 saturated heterocycles. The number of nitrogens with one attached hydrogen (secondary N) is 1. The Morgan fingerprint density at radius 1 is 1.44 bits per heavy atom. The fourth-order valence-corrected chi connectivity index (χ4v) is 3.17. The number of carbonyl (C=O) groups excluding carboxylic acids is 1. The smallest absolute Gasteiger partial charge is 0.261 e. The monoisotopic (exact) mass is 288 g/mol. The summed E-state index contributed by atoms with van der Waals surface area (Å²) in [5, 5.41) is 2.89. The topological polar surface area (TPSA) is 55.1 Å². The summed E-state index contributed by atoms with van der Waals surface area (Å²) >= 11 is 1.64. The number of hydrogen-bond donors (Lipinski definition) is 2. The van der Waals surface area contributed by atoms with Gasteiger partial charge in [-0.25, -0.2) is 0 Å². The molecule has 1 aliphatic rings. The zero-order chi connectivity index (χ0) is 12.5. The molecule has 5 heteroatoms. The zero-order valence-corrected chi connectivity index (χ0v) is 12.5. The summed E-state index contributed by atoms with van der Waals surface area (Å²) in [4.78, 5) is 14.2. The van der Waals surface area contributed by atoms with Crippen LogP contribution in [0.3, 0.4) is 0 Å². The van der Waals surface area contributed by atoms with E-state index in [0.29, 0.717) is 6.54 Å². The van der Waals surface area contributed by atoms with Crippen molar-refractivity contribution in [2.75, 3.05) is 6.54 Å². The maximum atomic E-state index is 12.0. The molecule has 18 heavy (non-hydrogen) atoms. The minimum atomic E-state index is -0.355. The summed E-state index contributed by atoms with van der Waals surface area (Å²) in [6.45, 7) is 4.33. The van der Waals surface area contributed by atoms with Gasteiger partial charge in [0.15, 0.2) is 0 Å². The van der Waals surface area contributed by atoms with Gasteiger partial charge in [0.2, 0.25) is 0 Å². The Labute approximate surface area is 119 Å². The molecule has 0 unspecified atom stereocenters. The van der Waals surface area contributed by atoms with Crippen molar-refractivity contribution in [3.05, 3.63) is 21.4 Å². The summed E-state index contributed by atoms with van der Waals surface area (Å²) in [6, 6.07) is 2.05. The van der Waals surface area contributed by atoms with Gasteiger partial charge in [-0.15, -0.1) is 23.7 Å². The van der Waals surface area contributed by atoms with Crippen LogP contribution in [0.5, 0.6) is 0 Å². The Morgan fingerprint density at radius 3 is 2.72 bits per heavy atom. The average molecular weight is 289 g/mol. The van der Waals surface area contributed by atoms with Gasteiger partial charge in [-0.1, -0.05) is 0 Å². The molecule has 0 radical (unpaired) electrons. The average Bonchev–Trinajstić information content (AvgIpc) is 2.68. The fourth-order valence-electron chi connectivity index (χ4n) is 2.00. The van der Waals surface area contributed by atoms with Crippen molar-refractivity contribution in [3.63, 3.8) is 0 Å². The Hall–Kier alpha value is -0.580. The SMILES string of the molecule is CC(C)(N)CNC(=O)c1cc2c(s1)CCCC2.Cl. The summed E-state index contributed by atoms with van der Waals surface area (Å²) < 4.78 is 0. The van der Waals surface area contributed by atoms with Gasteiger partial charge in [0, 0.05) is 17.0 Å². The van der Waals surface area contributed by atoms with Gasteiger partial charge in [-0.3, -0.25) is 4.79 Å². The van der Waals surface area contributed by atoms with Crippen molar-refractivity contribution < 1.29 is 4.79 Å². The second-order valence-corrected chi connectivity index (χ2v) is 6.57. The van der Waals surface area contributed by atoms with Crippen LogP contribution in [-0.4, -0.2) is 18.0 Å². The first kappa shape index (κ1) is 15.5. The van der Waals surface area contributed by atoms with E-state index in [4.69, 9.17) is 5.73 Å². The van der Waals surface area contributed by atoms with Gasteiger partial charge in [0.1, 0.15) is 0 Å². The Balaban J connectivity index is 0.00000162. The number of rotatable bonds is 3. The lowest BCUT2D eigenvalue weighted by Crippen LogP contribution is -2.44. The zero-order valence-electron chi connectivity index (χ0n) is 10.9.